The third-order valence-electron chi connectivity index (χ3n) is 6.98. The van der Waals surface area contributed by atoms with Crippen LogP contribution in [0.2, 0.25) is 0 Å². The van der Waals surface area contributed by atoms with E-state index in [2.05, 4.69) is 0 Å². The van der Waals surface area contributed by atoms with E-state index < -0.39 is 73.0 Å². The van der Waals surface area contributed by atoms with Crippen molar-refractivity contribution < 1.29 is 48.2 Å². The molecule has 3 aliphatic rings. The highest BCUT2D eigenvalue weighted by Gasteiger charge is 2.57. The van der Waals surface area contributed by atoms with Crippen LogP contribution in [0, 0.1) is 0 Å². The van der Waals surface area contributed by atoms with Crippen LogP contribution in [0.5, 0.6) is 0 Å². The smallest absolute Gasteiger partial charge is 0.303 e. The van der Waals surface area contributed by atoms with Gasteiger partial charge in [-0.05, 0) is 45.4 Å². The first-order chi connectivity index (χ1) is 18.1. The molecule has 214 valence electrons. The number of aliphatic hydroxyl groups excluding tert-OH is 2. The van der Waals surface area contributed by atoms with Gasteiger partial charge in [0.2, 0.25) is 0 Å². The fraction of sp³-hybridized carbons (Fsp3) is 0.741. The molecule has 38 heavy (non-hydrogen) atoms. The van der Waals surface area contributed by atoms with Crippen molar-refractivity contribution in [3.05, 3.63) is 35.9 Å². The highest BCUT2D eigenvalue weighted by Crippen LogP contribution is 2.41. The third kappa shape index (κ3) is 7.07. The summed E-state index contributed by atoms with van der Waals surface area (Å²) in [6, 6.07) is 9.85. The predicted molar refractivity (Wildman–Crippen MR) is 138 cm³/mol. The minimum absolute atomic E-state index is 0.0219. The maximum absolute atomic E-state index is 11.9. The molecule has 3 saturated heterocycles. The van der Waals surface area contributed by atoms with Gasteiger partial charge in [0.15, 0.2) is 18.2 Å². The second kappa shape index (κ2) is 12.9. The van der Waals surface area contributed by atoms with E-state index in [0.717, 1.165) is 5.56 Å². The Kier molecular flexibility index (Phi) is 10.1. The van der Waals surface area contributed by atoms with Crippen molar-refractivity contribution in [2.45, 2.75) is 115 Å². The molecule has 0 bridgehead atoms. The van der Waals surface area contributed by atoms with Gasteiger partial charge in [0.1, 0.15) is 30.5 Å². The number of esters is 1. The number of aliphatic hydroxyl groups is 2. The molecular weight excluding hydrogens is 516 g/mol. The lowest BCUT2D eigenvalue weighted by atomic mass is 9.93. The van der Waals surface area contributed by atoms with Crippen molar-refractivity contribution >= 4 is 17.7 Å². The Morgan fingerprint density at radius 1 is 1.03 bits per heavy atom. The quantitative estimate of drug-likeness (QED) is 0.251. The molecule has 0 aliphatic carbocycles. The Morgan fingerprint density at radius 3 is 2.39 bits per heavy atom. The molecule has 11 heteroatoms. The summed E-state index contributed by atoms with van der Waals surface area (Å²) in [4.78, 5) is 11.9. The number of carbonyl (C=O) groups is 1. The number of fused-ring (bicyclic) bond motifs is 1. The van der Waals surface area contributed by atoms with Gasteiger partial charge in [-0.25, -0.2) is 0 Å². The van der Waals surface area contributed by atoms with E-state index in [-0.39, 0.29) is 5.94 Å². The molecule has 0 spiro atoms. The summed E-state index contributed by atoms with van der Waals surface area (Å²) < 4.78 is 43.0. The van der Waals surface area contributed by atoms with Gasteiger partial charge in [-0.15, -0.1) is 11.8 Å². The van der Waals surface area contributed by atoms with Crippen LogP contribution in [-0.2, 0) is 44.6 Å². The second-order valence-electron chi connectivity index (χ2n) is 10.4. The number of hydrogen-bond acceptors (Lipinski definition) is 11. The van der Waals surface area contributed by atoms with Crippen LogP contribution >= 0.6 is 11.8 Å². The molecular formula is C27H40O10S. The topological polar surface area (TPSA) is 122 Å². The summed E-state index contributed by atoms with van der Waals surface area (Å²) in [5.41, 5.74) is 1.03. The summed E-state index contributed by atoms with van der Waals surface area (Å²) in [7, 11) is 0. The zero-order chi connectivity index (χ0) is 27.4. The molecule has 0 radical (unpaired) electrons. The zero-order valence-corrected chi connectivity index (χ0v) is 23.4. The SMILES string of the molecule is CC(=O)O[C@H]1C(C)O[C@H](CCSCO)C(O)C1O[C@@H]1OC(C)[C@H](OCc2ccccc2)C2OC(C)(C)OC21. The van der Waals surface area contributed by atoms with Crippen LogP contribution in [0.1, 0.15) is 46.6 Å². The molecule has 0 amide bonds. The fourth-order valence-electron chi connectivity index (χ4n) is 5.30. The average molecular weight is 557 g/mol. The molecule has 10 nitrogen and oxygen atoms in total. The molecule has 1 aromatic rings. The molecule has 2 N–H and O–H groups in total. The van der Waals surface area contributed by atoms with Crippen LogP contribution in [0.3, 0.4) is 0 Å². The molecule has 10 atom stereocenters. The maximum Gasteiger partial charge on any atom is 0.303 e. The van der Waals surface area contributed by atoms with Crippen LogP contribution < -0.4 is 0 Å². The lowest BCUT2D eigenvalue weighted by Crippen LogP contribution is -2.63. The number of thioether (sulfide) groups is 1. The summed E-state index contributed by atoms with van der Waals surface area (Å²) in [5.74, 6) is -0.846. The highest BCUT2D eigenvalue weighted by molar-refractivity contribution is 7.99. The first kappa shape index (κ1) is 29.7. The monoisotopic (exact) mass is 556 g/mol. The first-order valence-electron chi connectivity index (χ1n) is 13.1. The normalized spacial score (nSPS) is 38.5. The Morgan fingerprint density at radius 2 is 1.71 bits per heavy atom. The van der Waals surface area contributed by atoms with Gasteiger partial charge >= 0.3 is 5.97 Å². The molecule has 0 aromatic heterocycles. The van der Waals surface area contributed by atoms with Crippen LogP contribution in [0.25, 0.3) is 0 Å². The molecule has 3 heterocycles. The van der Waals surface area contributed by atoms with Gasteiger partial charge in [-0.2, -0.15) is 0 Å². The molecule has 0 saturated carbocycles. The largest absolute Gasteiger partial charge is 0.457 e. The van der Waals surface area contributed by atoms with Gasteiger partial charge in [0, 0.05) is 6.92 Å². The van der Waals surface area contributed by atoms with Gasteiger partial charge in [0.25, 0.3) is 0 Å². The van der Waals surface area contributed by atoms with Gasteiger partial charge in [-0.1, -0.05) is 30.3 Å². The minimum Gasteiger partial charge on any atom is -0.457 e. The molecule has 1 aromatic carbocycles. The molecule has 4 rings (SSSR count). The number of hydrogen-bond donors (Lipinski definition) is 2. The number of benzene rings is 1. The number of carbonyl (C=O) groups excluding carboxylic acids is 1. The highest BCUT2D eigenvalue weighted by atomic mass is 32.2. The Balaban J connectivity index is 1.52. The van der Waals surface area contributed by atoms with E-state index >= 15 is 0 Å². The van der Waals surface area contributed by atoms with E-state index in [1.807, 2.05) is 51.1 Å². The first-order valence-corrected chi connectivity index (χ1v) is 14.3. The molecule has 6 unspecified atom stereocenters. The Bertz CT molecular complexity index is 901. The Hall–Kier alpha value is -1.28. The standard InChI is InChI=1S/C27H40O10S/c1-15-21(31-13-18-9-7-6-8-10-18)24-25(37-27(4,5)36-24)26(33-15)35-23-20(30)19(11-12-38-14-28)32-16(2)22(23)34-17(3)29/h6-10,15-16,19-26,28,30H,11-14H2,1-5H3/t15?,16?,19-,20?,21+,22+,23?,24?,25?,26+/m1/s1. The average Bonchev–Trinajstić information content (AvgIpc) is 3.19. The van der Waals surface area contributed by atoms with E-state index in [1.165, 1.54) is 18.7 Å². The van der Waals surface area contributed by atoms with Crippen molar-refractivity contribution in [2.24, 2.45) is 0 Å². The van der Waals surface area contributed by atoms with Crippen LogP contribution in [-0.4, -0.2) is 94.9 Å². The lowest BCUT2D eigenvalue weighted by Gasteiger charge is -2.47. The van der Waals surface area contributed by atoms with Crippen molar-refractivity contribution in [1.29, 1.82) is 0 Å². The van der Waals surface area contributed by atoms with Crippen LogP contribution in [0.4, 0.5) is 0 Å². The van der Waals surface area contributed by atoms with Crippen molar-refractivity contribution in [2.75, 3.05) is 11.7 Å². The van der Waals surface area contributed by atoms with Crippen LogP contribution in [0.15, 0.2) is 30.3 Å². The molecule has 3 aliphatic heterocycles. The fourth-order valence-corrected chi connectivity index (χ4v) is 5.83. The number of ether oxygens (including phenoxy) is 7. The van der Waals surface area contributed by atoms with E-state index in [0.29, 0.717) is 18.8 Å². The number of rotatable bonds is 10. The van der Waals surface area contributed by atoms with Gasteiger partial charge in [0.05, 0.1) is 30.9 Å². The zero-order valence-electron chi connectivity index (χ0n) is 22.6. The van der Waals surface area contributed by atoms with Gasteiger partial charge in [-0.3, -0.25) is 4.79 Å². The summed E-state index contributed by atoms with van der Waals surface area (Å²) in [5, 5.41) is 20.4. The third-order valence-corrected chi connectivity index (χ3v) is 7.68. The summed E-state index contributed by atoms with van der Waals surface area (Å²) in [6.07, 6.45) is -6.40. The molecule has 3 fully saturated rings. The van der Waals surface area contributed by atoms with Crippen molar-refractivity contribution in [1.82, 2.24) is 0 Å². The second-order valence-corrected chi connectivity index (χ2v) is 11.5. The van der Waals surface area contributed by atoms with Crippen molar-refractivity contribution in [3.63, 3.8) is 0 Å². The summed E-state index contributed by atoms with van der Waals surface area (Å²) in [6.45, 7) is 9.00. The van der Waals surface area contributed by atoms with E-state index in [9.17, 15) is 9.90 Å². The van der Waals surface area contributed by atoms with Gasteiger partial charge < -0.3 is 43.4 Å². The summed E-state index contributed by atoms with van der Waals surface area (Å²) >= 11 is 1.33. The lowest BCUT2D eigenvalue weighted by molar-refractivity contribution is -0.327. The van der Waals surface area contributed by atoms with E-state index in [1.54, 1.807) is 6.92 Å². The van der Waals surface area contributed by atoms with E-state index in [4.69, 9.17) is 38.3 Å². The van der Waals surface area contributed by atoms with Crippen molar-refractivity contribution in [3.8, 4) is 0 Å². The maximum atomic E-state index is 11.9. The Labute approximate surface area is 228 Å². The minimum atomic E-state index is -1.10. The predicted octanol–water partition coefficient (Wildman–Crippen LogP) is 2.37.